The van der Waals surface area contributed by atoms with Crippen LogP contribution in [0.25, 0.3) is 0 Å². The minimum absolute atomic E-state index is 0.0486. The Bertz CT molecular complexity index is 578. The van der Waals surface area contributed by atoms with Crippen LogP contribution in [0.1, 0.15) is 38.2 Å². The van der Waals surface area contributed by atoms with Gasteiger partial charge in [-0.25, -0.2) is 9.59 Å². The maximum Gasteiger partial charge on any atom is 0.345 e. The first-order chi connectivity index (χ1) is 11.7. The lowest BCUT2D eigenvalue weighted by molar-refractivity contribution is -0.151. The molecule has 2 atom stereocenters. The van der Waals surface area contributed by atoms with Crippen LogP contribution >= 0.6 is 0 Å². The van der Waals surface area contributed by atoms with Gasteiger partial charge in [0.1, 0.15) is 12.6 Å². The zero-order chi connectivity index (χ0) is 16.9. The molecule has 2 heterocycles. The Labute approximate surface area is 142 Å². The summed E-state index contributed by atoms with van der Waals surface area (Å²) in [7, 11) is 0. The summed E-state index contributed by atoms with van der Waals surface area (Å²) in [5, 5.41) is 1.46. The Morgan fingerprint density at radius 1 is 1.25 bits per heavy atom. The summed E-state index contributed by atoms with van der Waals surface area (Å²) in [6, 6.07) is 8.89. The van der Waals surface area contributed by atoms with Crippen molar-refractivity contribution >= 4 is 12.0 Å². The molecule has 0 spiro atoms. The predicted molar refractivity (Wildman–Crippen MR) is 87.8 cm³/mol. The number of benzene rings is 1. The Morgan fingerprint density at radius 3 is 2.79 bits per heavy atom. The van der Waals surface area contributed by atoms with Crippen LogP contribution in [0, 0.1) is 0 Å². The van der Waals surface area contributed by atoms with Gasteiger partial charge in [0.05, 0.1) is 12.6 Å². The fourth-order valence-electron chi connectivity index (χ4n) is 3.18. The quantitative estimate of drug-likeness (QED) is 0.569. The van der Waals surface area contributed by atoms with E-state index in [4.69, 9.17) is 9.57 Å². The molecular weight excluding hydrogens is 308 g/mol. The summed E-state index contributed by atoms with van der Waals surface area (Å²) in [5.41, 5.74) is 0.941. The van der Waals surface area contributed by atoms with E-state index in [0.717, 1.165) is 24.8 Å². The molecule has 2 bridgehead atoms. The van der Waals surface area contributed by atoms with E-state index in [2.05, 4.69) is 6.92 Å². The fraction of sp³-hybridized carbons (Fsp3) is 0.556. The summed E-state index contributed by atoms with van der Waals surface area (Å²) < 4.78 is 5.41. The number of unbranched alkanes of at least 4 members (excludes halogenated alkanes) is 1. The first kappa shape index (κ1) is 16.8. The zero-order valence-electron chi connectivity index (χ0n) is 14.0. The highest BCUT2D eigenvalue weighted by atomic mass is 16.7. The Hall–Kier alpha value is -2.08. The average molecular weight is 332 g/mol. The maximum absolute atomic E-state index is 12.5. The average Bonchev–Trinajstić information content (AvgIpc) is 2.85. The zero-order valence-corrected chi connectivity index (χ0v) is 14.0. The third-order valence-corrected chi connectivity index (χ3v) is 4.55. The minimum Gasteiger partial charge on any atom is -0.459 e. The second-order valence-corrected chi connectivity index (χ2v) is 6.29. The number of rotatable bonds is 7. The number of amides is 2. The van der Waals surface area contributed by atoms with Gasteiger partial charge in [0.15, 0.2) is 0 Å². The number of ether oxygens (including phenoxy) is 1. The van der Waals surface area contributed by atoms with Gasteiger partial charge in [-0.1, -0.05) is 43.7 Å². The lowest BCUT2D eigenvalue weighted by Gasteiger charge is -2.28. The molecule has 0 aliphatic carbocycles. The molecule has 0 saturated carbocycles. The third kappa shape index (κ3) is 3.53. The van der Waals surface area contributed by atoms with Gasteiger partial charge in [0.25, 0.3) is 0 Å². The summed E-state index contributed by atoms with van der Waals surface area (Å²) >= 11 is 0. The van der Waals surface area contributed by atoms with Crippen LogP contribution in [0.3, 0.4) is 0 Å². The molecule has 130 valence electrons. The number of hydroxylamine groups is 2. The first-order valence-corrected chi connectivity index (χ1v) is 8.64. The minimum atomic E-state index is -0.503. The van der Waals surface area contributed by atoms with E-state index in [-0.39, 0.29) is 24.6 Å². The lowest BCUT2D eigenvalue weighted by Crippen LogP contribution is -2.45. The molecule has 2 saturated heterocycles. The van der Waals surface area contributed by atoms with Crippen molar-refractivity contribution in [1.29, 1.82) is 0 Å². The van der Waals surface area contributed by atoms with Crippen LogP contribution < -0.4 is 0 Å². The summed E-state index contributed by atoms with van der Waals surface area (Å²) in [6.07, 6.45) is 3.32. The number of piperidine rings is 1. The number of nitrogens with zero attached hydrogens (tertiary/aromatic N) is 2. The summed E-state index contributed by atoms with van der Waals surface area (Å²) in [6.45, 7) is 3.39. The molecule has 1 unspecified atom stereocenters. The number of fused-ring (bicyclic) bond motifs is 2. The Morgan fingerprint density at radius 2 is 2.04 bits per heavy atom. The predicted octanol–water partition coefficient (Wildman–Crippen LogP) is 2.73. The van der Waals surface area contributed by atoms with Crippen LogP contribution in [0.15, 0.2) is 30.3 Å². The highest BCUT2D eigenvalue weighted by Gasteiger charge is 2.48. The molecule has 0 aromatic heterocycles. The normalized spacial score (nSPS) is 22.8. The van der Waals surface area contributed by atoms with Gasteiger partial charge in [-0.3, -0.25) is 4.84 Å². The lowest BCUT2D eigenvalue weighted by atomic mass is 10.0. The van der Waals surface area contributed by atoms with E-state index in [1.165, 1.54) is 5.06 Å². The maximum atomic E-state index is 12.5. The molecule has 2 fully saturated rings. The number of urea groups is 1. The molecule has 0 radical (unpaired) electrons. The standard InChI is InChI=1S/C18H24N2O4/c1-2-3-11-24-20-15-9-10-16(19(12-15)18(20)22)17(21)23-13-14-7-5-4-6-8-14/h4-8,15-16H,2-3,9-13H2,1H3/t15?,16-/m0/s1. The molecule has 1 aromatic rings. The van der Waals surface area contributed by atoms with Gasteiger partial charge < -0.3 is 9.64 Å². The molecule has 2 aliphatic rings. The van der Waals surface area contributed by atoms with E-state index in [9.17, 15) is 9.59 Å². The number of hydrogen-bond acceptors (Lipinski definition) is 4. The molecular formula is C18H24N2O4. The molecule has 2 amide bonds. The van der Waals surface area contributed by atoms with E-state index in [1.54, 1.807) is 4.90 Å². The fourth-order valence-corrected chi connectivity index (χ4v) is 3.18. The number of esters is 1. The highest BCUT2D eigenvalue weighted by molar-refractivity contribution is 5.85. The van der Waals surface area contributed by atoms with Gasteiger partial charge in [-0.15, -0.1) is 0 Å². The van der Waals surface area contributed by atoms with Crippen molar-refractivity contribution in [1.82, 2.24) is 9.96 Å². The molecule has 6 nitrogen and oxygen atoms in total. The van der Waals surface area contributed by atoms with Crippen molar-refractivity contribution in [3.05, 3.63) is 35.9 Å². The first-order valence-electron chi connectivity index (χ1n) is 8.64. The van der Waals surface area contributed by atoms with Crippen LogP contribution in [-0.4, -0.2) is 47.2 Å². The SMILES string of the molecule is CCCCON1C(=O)N2CC1CC[C@H]2C(=O)OCc1ccccc1. The second kappa shape index (κ2) is 7.66. The van der Waals surface area contributed by atoms with E-state index in [1.807, 2.05) is 30.3 Å². The Balaban J connectivity index is 1.56. The molecule has 2 aliphatic heterocycles. The van der Waals surface area contributed by atoms with Crippen molar-refractivity contribution in [2.75, 3.05) is 13.2 Å². The second-order valence-electron chi connectivity index (χ2n) is 6.29. The summed E-state index contributed by atoms with van der Waals surface area (Å²) in [4.78, 5) is 32.1. The van der Waals surface area contributed by atoms with E-state index >= 15 is 0 Å². The molecule has 3 rings (SSSR count). The molecule has 24 heavy (non-hydrogen) atoms. The van der Waals surface area contributed by atoms with Crippen molar-refractivity contribution in [2.24, 2.45) is 0 Å². The Kier molecular flexibility index (Phi) is 5.35. The van der Waals surface area contributed by atoms with Crippen molar-refractivity contribution in [2.45, 2.75) is 51.3 Å². The van der Waals surface area contributed by atoms with Crippen molar-refractivity contribution in [3.8, 4) is 0 Å². The van der Waals surface area contributed by atoms with E-state index in [0.29, 0.717) is 19.6 Å². The van der Waals surface area contributed by atoms with Gasteiger partial charge in [-0.2, -0.15) is 5.06 Å². The smallest absolute Gasteiger partial charge is 0.345 e. The molecule has 0 N–H and O–H groups in total. The highest BCUT2D eigenvalue weighted by Crippen LogP contribution is 2.30. The number of carbonyl (C=O) groups excluding carboxylic acids is 2. The molecule has 1 aromatic carbocycles. The summed E-state index contributed by atoms with van der Waals surface area (Å²) in [5.74, 6) is -0.332. The monoisotopic (exact) mass is 332 g/mol. The van der Waals surface area contributed by atoms with Gasteiger partial charge in [0, 0.05) is 6.54 Å². The van der Waals surface area contributed by atoms with Crippen molar-refractivity contribution in [3.63, 3.8) is 0 Å². The van der Waals surface area contributed by atoms with Gasteiger partial charge in [0.2, 0.25) is 0 Å². The van der Waals surface area contributed by atoms with Crippen LogP contribution in [-0.2, 0) is 21.0 Å². The van der Waals surface area contributed by atoms with Gasteiger partial charge in [-0.05, 0) is 24.8 Å². The molecule has 6 heteroatoms. The van der Waals surface area contributed by atoms with Crippen LogP contribution in [0.2, 0.25) is 0 Å². The largest absolute Gasteiger partial charge is 0.459 e. The van der Waals surface area contributed by atoms with Crippen LogP contribution in [0.5, 0.6) is 0 Å². The number of hydrogen-bond donors (Lipinski definition) is 0. The van der Waals surface area contributed by atoms with Gasteiger partial charge >= 0.3 is 12.0 Å². The topological polar surface area (TPSA) is 59.1 Å². The number of carbonyl (C=O) groups is 2. The van der Waals surface area contributed by atoms with E-state index < -0.39 is 6.04 Å². The third-order valence-electron chi connectivity index (χ3n) is 4.55. The van der Waals surface area contributed by atoms with Crippen LogP contribution in [0.4, 0.5) is 4.79 Å². The van der Waals surface area contributed by atoms with Crippen molar-refractivity contribution < 1.29 is 19.2 Å².